The molecule has 0 radical (unpaired) electrons. The SMILES string of the molecule is C=C(N[P@](=O)(OC[C@@]1(C#N)O[C@@H](c2ccc3c(N)ncnn23)[C@H](O)[C@@H]1O)Oc1ccccc1)C(=O)OCC1CCC(C(F)(F)F)CC1. The number of alkyl halides is 3. The Morgan fingerprint density at radius 3 is 2.57 bits per heavy atom. The van der Waals surface area contributed by atoms with Crippen molar-refractivity contribution in [2.45, 2.75) is 55.8 Å². The van der Waals surface area contributed by atoms with Gasteiger partial charge in [0.2, 0.25) is 5.60 Å². The molecule has 14 nitrogen and oxygen atoms in total. The first kappa shape index (κ1) is 34.1. The first-order valence-electron chi connectivity index (χ1n) is 14.5. The van der Waals surface area contributed by atoms with E-state index >= 15 is 0 Å². The lowest BCUT2D eigenvalue weighted by Gasteiger charge is -2.29. The molecular formula is C29H32F3N6O8P. The number of halogens is 3. The van der Waals surface area contributed by atoms with Crippen molar-refractivity contribution in [2.24, 2.45) is 11.8 Å². The lowest BCUT2D eigenvalue weighted by molar-refractivity contribution is -0.185. The molecule has 2 aliphatic rings. The summed E-state index contributed by atoms with van der Waals surface area (Å²) in [5.74, 6) is -2.60. The van der Waals surface area contributed by atoms with Crippen LogP contribution in [0, 0.1) is 23.2 Å². The number of aliphatic hydroxyl groups is 2. The van der Waals surface area contributed by atoms with E-state index in [0.717, 1.165) is 0 Å². The number of nitrogens with zero attached hydrogens (tertiary/aromatic N) is 4. The van der Waals surface area contributed by atoms with Gasteiger partial charge in [0.05, 0.1) is 18.2 Å². The fraction of sp³-hybridized carbons (Fsp3) is 0.448. The van der Waals surface area contributed by atoms with Crippen molar-refractivity contribution in [1.82, 2.24) is 19.7 Å². The molecule has 5 N–H and O–H groups in total. The molecule has 1 saturated heterocycles. The highest BCUT2D eigenvalue weighted by Gasteiger charge is 2.57. The van der Waals surface area contributed by atoms with Crippen molar-refractivity contribution in [3.8, 4) is 11.8 Å². The number of rotatable bonds is 11. The van der Waals surface area contributed by atoms with Gasteiger partial charge in [0.1, 0.15) is 54.3 Å². The molecular weight excluding hydrogens is 648 g/mol. The lowest BCUT2D eigenvalue weighted by Crippen LogP contribution is -2.46. The maximum Gasteiger partial charge on any atom is 0.486 e. The Morgan fingerprint density at radius 2 is 1.91 bits per heavy atom. The third-order valence-corrected chi connectivity index (χ3v) is 9.60. The molecule has 5 rings (SSSR count). The van der Waals surface area contributed by atoms with E-state index in [0.29, 0.717) is 5.52 Å². The zero-order valence-electron chi connectivity index (χ0n) is 24.7. The van der Waals surface area contributed by atoms with Crippen LogP contribution in [0.1, 0.15) is 37.5 Å². The minimum atomic E-state index is -4.66. The number of nitrogen functional groups attached to an aromatic ring is 1. The van der Waals surface area contributed by atoms with Gasteiger partial charge in [-0.25, -0.2) is 18.9 Å². The molecule has 0 bridgehead atoms. The molecule has 18 heteroatoms. The van der Waals surface area contributed by atoms with Gasteiger partial charge in [0, 0.05) is 0 Å². The second-order valence-electron chi connectivity index (χ2n) is 11.3. The van der Waals surface area contributed by atoms with Crippen molar-refractivity contribution >= 4 is 25.1 Å². The Balaban J connectivity index is 1.28. The van der Waals surface area contributed by atoms with Crippen molar-refractivity contribution in [2.75, 3.05) is 18.9 Å². The first-order chi connectivity index (χ1) is 22.2. The van der Waals surface area contributed by atoms with Crippen LogP contribution >= 0.6 is 7.75 Å². The van der Waals surface area contributed by atoms with Crippen LogP contribution in [-0.4, -0.2) is 68.0 Å². The number of nitrogens with one attached hydrogen (secondary N) is 1. The monoisotopic (exact) mass is 680 g/mol. The van der Waals surface area contributed by atoms with E-state index in [1.54, 1.807) is 30.3 Å². The standard InChI is InChI=1S/C29H32F3N6O8P/c1-17(27(41)43-13-18-7-9-19(10-8-18)29(30,31)32)37-47(42,46-20-5-3-2-4-6-20)44-15-28(14-33)25(40)23(39)24(45-28)21-11-12-22-26(34)35-16-36-38(21)22/h2-6,11-12,16,18-19,23-25,39-40H,1,7-10,13,15H2,(H,37,42)(H2,34,35,36)/t18?,19?,23-,24-,25-,28+,47-/m0/s1. The van der Waals surface area contributed by atoms with Crippen LogP contribution in [0.2, 0.25) is 0 Å². The molecule has 3 heterocycles. The number of aliphatic hydroxyl groups excluding tert-OH is 2. The number of carbonyl (C=O) groups excluding carboxylic acids is 1. The number of carbonyl (C=O) groups is 1. The Bertz CT molecular complexity index is 1690. The average molecular weight is 681 g/mol. The van der Waals surface area contributed by atoms with E-state index in [1.165, 1.54) is 29.0 Å². The van der Waals surface area contributed by atoms with Crippen LogP contribution in [0.4, 0.5) is 19.0 Å². The molecule has 1 saturated carbocycles. The summed E-state index contributed by atoms with van der Waals surface area (Å²) < 4.78 is 76.4. The van der Waals surface area contributed by atoms with Gasteiger partial charge in [0.15, 0.2) is 5.82 Å². The fourth-order valence-corrected chi connectivity index (χ4v) is 6.85. The van der Waals surface area contributed by atoms with Crippen LogP contribution < -0.4 is 15.3 Å². The maximum absolute atomic E-state index is 14.0. The molecule has 2 aromatic heterocycles. The first-order valence-corrected chi connectivity index (χ1v) is 16.0. The van der Waals surface area contributed by atoms with Crippen molar-refractivity contribution in [3.63, 3.8) is 0 Å². The average Bonchev–Trinajstić information content (AvgIpc) is 3.58. The third kappa shape index (κ3) is 7.37. The molecule has 252 valence electrons. The summed E-state index contributed by atoms with van der Waals surface area (Å²) in [6.45, 7) is 2.42. The quantitative estimate of drug-likeness (QED) is 0.130. The normalized spacial score (nSPS) is 27.4. The number of anilines is 1. The summed E-state index contributed by atoms with van der Waals surface area (Å²) >= 11 is 0. The summed E-state index contributed by atoms with van der Waals surface area (Å²) in [6.07, 6.45) is -7.71. The Labute approximate surface area is 266 Å². The number of nitriles is 1. The molecule has 0 amide bonds. The highest BCUT2D eigenvalue weighted by molar-refractivity contribution is 7.52. The van der Waals surface area contributed by atoms with Gasteiger partial charge in [-0.2, -0.15) is 23.5 Å². The number of aromatic nitrogens is 3. The molecule has 1 aliphatic heterocycles. The molecule has 0 spiro atoms. The molecule has 0 unspecified atom stereocenters. The fourth-order valence-electron chi connectivity index (χ4n) is 5.51. The van der Waals surface area contributed by atoms with E-state index < -0.39 is 62.0 Å². The summed E-state index contributed by atoms with van der Waals surface area (Å²) in [6, 6.07) is 12.5. The summed E-state index contributed by atoms with van der Waals surface area (Å²) in [7, 11) is -4.66. The molecule has 47 heavy (non-hydrogen) atoms. The molecule has 2 fully saturated rings. The lowest BCUT2D eigenvalue weighted by atomic mass is 9.82. The van der Waals surface area contributed by atoms with Crippen LogP contribution in [0.3, 0.4) is 0 Å². The molecule has 5 atom stereocenters. The number of hydrogen-bond donors (Lipinski definition) is 4. The van der Waals surface area contributed by atoms with E-state index in [9.17, 15) is 38.0 Å². The van der Waals surface area contributed by atoms with Gasteiger partial charge in [-0.3, -0.25) is 9.61 Å². The minimum Gasteiger partial charge on any atom is -0.461 e. The molecule has 1 aromatic carbocycles. The Kier molecular flexibility index (Phi) is 9.81. The highest BCUT2D eigenvalue weighted by atomic mass is 31.2. The van der Waals surface area contributed by atoms with Gasteiger partial charge in [-0.1, -0.05) is 24.8 Å². The molecule has 3 aromatic rings. The number of ether oxygens (including phenoxy) is 2. The second kappa shape index (κ2) is 13.5. The summed E-state index contributed by atoms with van der Waals surface area (Å²) in [4.78, 5) is 16.6. The van der Waals surface area contributed by atoms with Crippen LogP contribution in [0.25, 0.3) is 5.52 Å². The van der Waals surface area contributed by atoms with Crippen LogP contribution in [0.5, 0.6) is 5.75 Å². The van der Waals surface area contributed by atoms with Crippen molar-refractivity contribution in [1.29, 1.82) is 5.26 Å². The second-order valence-corrected chi connectivity index (χ2v) is 13.0. The topological polar surface area (TPSA) is 204 Å². The third-order valence-electron chi connectivity index (χ3n) is 8.14. The molecule has 1 aliphatic carbocycles. The number of hydrogen-bond acceptors (Lipinski definition) is 12. The number of benzene rings is 1. The largest absolute Gasteiger partial charge is 0.486 e. The number of fused-ring (bicyclic) bond motifs is 1. The van der Waals surface area contributed by atoms with Gasteiger partial charge >= 0.3 is 19.9 Å². The van der Waals surface area contributed by atoms with Crippen LogP contribution in [0.15, 0.2) is 61.1 Å². The number of esters is 1. The van der Waals surface area contributed by atoms with E-state index in [2.05, 4.69) is 21.7 Å². The van der Waals surface area contributed by atoms with Crippen molar-refractivity contribution in [3.05, 3.63) is 66.8 Å². The Hall–Kier alpha value is -4.20. The van der Waals surface area contributed by atoms with Crippen LogP contribution in [-0.2, 0) is 23.4 Å². The van der Waals surface area contributed by atoms with Gasteiger partial charge < -0.3 is 29.9 Å². The van der Waals surface area contributed by atoms with E-state index in [4.69, 9.17) is 24.3 Å². The number of para-hydroxylation sites is 1. The zero-order chi connectivity index (χ0) is 34.0. The highest BCUT2D eigenvalue weighted by Crippen LogP contribution is 2.49. The van der Waals surface area contributed by atoms with Crippen molar-refractivity contribution < 1.29 is 51.3 Å². The summed E-state index contributed by atoms with van der Waals surface area (Å²) in [5, 5.41) is 38.3. The van der Waals surface area contributed by atoms with E-state index in [1.807, 2.05) is 0 Å². The number of nitrogens with two attached hydrogens (primary N) is 1. The smallest absolute Gasteiger partial charge is 0.461 e. The van der Waals surface area contributed by atoms with Gasteiger partial charge in [-0.05, 0) is 55.9 Å². The minimum absolute atomic E-state index is 0.0275. The van der Waals surface area contributed by atoms with Gasteiger partial charge in [0.25, 0.3) is 0 Å². The predicted molar refractivity (Wildman–Crippen MR) is 157 cm³/mol. The predicted octanol–water partition coefficient (Wildman–Crippen LogP) is 3.59. The van der Waals surface area contributed by atoms with E-state index in [-0.39, 0.29) is 55.5 Å². The van der Waals surface area contributed by atoms with Gasteiger partial charge in [-0.15, -0.1) is 0 Å². The summed E-state index contributed by atoms with van der Waals surface area (Å²) in [5.41, 5.74) is 3.62. The Morgan fingerprint density at radius 1 is 1.21 bits per heavy atom. The maximum atomic E-state index is 14.0. The zero-order valence-corrected chi connectivity index (χ0v) is 25.6.